The highest BCUT2D eigenvalue weighted by Gasteiger charge is 2.31. The number of urea groups is 1. The molecule has 0 radical (unpaired) electrons. The summed E-state index contributed by atoms with van der Waals surface area (Å²) in [7, 11) is 0. The molecule has 0 aliphatic carbocycles. The highest BCUT2D eigenvalue weighted by molar-refractivity contribution is 6.02. The number of fused-ring (bicyclic) bond motifs is 1. The number of amides is 3. The number of carbonyl (C=O) groups excluding carboxylic acids is 2. The van der Waals surface area contributed by atoms with Gasteiger partial charge in [-0.25, -0.2) is 4.79 Å². The zero-order valence-electron chi connectivity index (χ0n) is 13.5. The Morgan fingerprint density at radius 2 is 1.96 bits per heavy atom. The third kappa shape index (κ3) is 4.18. The van der Waals surface area contributed by atoms with E-state index in [9.17, 15) is 14.4 Å². The lowest BCUT2D eigenvalue weighted by atomic mass is 10.2. The fourth-order valence-corrected chi connectivity index (χ4v) is 2.93. The quantitative estimate of drug-likeness (QED) is 0.731. The molecule has 1 aromatic carbocycles. The Morgan fingerprint density at radius 1 is 1.20 bits per heavy atom. The van der Waals surface area contributed by atoms with Crippen LogP contribution in [0.2, 0.25) is 0 Å². The maximum atomic E-state index is 11.9. The number of carboxylic acid groups (broad SMARTS) is 1. The number of nitrogens with one attached hydrogen (secondary N) is 2. The summed E-state index contributed by atoms with van der Waals surface area (Å²) in [5, 5.41) is 13.8. The van der Waals surface area contributed by atoms with Crippen LogP contribution < -0.4 is 20.1 Å². The number of likely N-dealkylation sites (tertiary alicyclic amines) is 1. The Bertz CT molecular complexity index is 692. The van der Waals surface area contributed by atoms with Crippen molar-refractivity contribution in [3.8, 4) is 11.5 Å². The van der Waals surface area contributed by atoms with Crippen molar-refractivity contribution in [1.29, 1.82) is 0 Å². The topological polar surface area (TPSA) is 117 Å². The van der Waals surface area contributed by atoms with E-state index in [1.807, 2.05) is 0 Å². The van der Waals surface area contributed by atoms with Crippen LogP contribution in [0, 0.1) is 0 Å². The highest BCUT2D eigenvalue weighted by Crippen LogP contribution is 2.32. The molecule has 134 valence electrons. The van der Waals surface area contributed by atoms with E-state index in [0.29, 0.717) is 49.8 Å². The van der Waals surface area contributed by atoms with Crippen LogP contribution in [0.1, 0.15) is 12.8 Å². The summed E-state index contributed by atoms with van der Waals surface area (Å²) in [6.45, 7) is 1.30. The van der Waals surface area contributed by atoms with E-state index >= 15 is 0 Å². The normalized spacial score (nSPS) is 19.3. The van der Waals surface area contributed by atoms with Crippen LogP contribution in [0.3, 0.4) is 0 Å². The first kappa shape index (κ1) is 17.0. The zero-order chi connectivity index (χ0) is 17.8. The lowest BCUT2D eigenvalue weighted by Gasteiger charge is -2.20. The van der Waals surface area contributed by atoms with Gasteiger partial charge in [0.05, 0.1) is 6.54 Å². The molecule has 9 heteroatoms. The monoisotopic (exact) mass is 349 g/mol. The molecule has 2 aliphatic rings. The standard InChI is InChI=1S/C16H19N3O6/c20-14(9-19-5-1-2-11(19)15(21)22)18-16(23)17-10-3-4-12-13(8-10)25-7-6-24-12/h3-4,8,11H,1-2,5-7,9H2,(H,21,22)(H2,17,18,20,23)/t11-/m1/s1. The third-order valence-corrected chi connectivity index (χ3v) is 4.05. The van der Waals surface area contributed by atoms with Gasteiger partial charge in [-0.05, 0) is 31.5 Å². The number of imide groups is 1. The Labute approximate surface area is 143 Å². The van der Waals surface area contributed by atoms with Crippen molar-refractivity contribution in [2.24, 2.45) is 0 Å². The molecule has 2 heterocycles. The molecule has 3 N–H and O–H groups in total. The van der Waals surface area contributed by atoms with Crippen molar-refractivity contribution in [3.63, 3.8) is 0 Å². The van der Waals surface area contributed by atoms with Gasteiger partial charge in [0.25, 0.3) is 0 Å². The van der Waals surface area contributed by atoms with Crippen LogP contribution >= 0.6 is 0 Å². The van der Waals surface area contributed by atoms with Gasteiger partial charge in [-0.1, -0.05) is 0 Å². The molecule has 1 aromatic rings. The molecule has 2 aliphatic heterocycles. The highest BCUT2D eigenvalue weighted by atomic mass is 16.6. The molecular weight excluding hydrogens is 330 g/mol. The number of benzene rings is 1. The minimum Gasteiger partial charge on any atom is -0.486 e. The Morgan fingerprint density at radius 3 is 2.72 bits per heavy atom. The predicted octanol–water partition coefficient (Wildman–Crippen LogP) is 0.655. The van der Waals surface area contributed by atoms with E-state index in [1.54, 1.807) is 23.1 Å². The summed E-state index contributed by atoms with van der Waals surface area (Å²) in [5.74, 6) is -0.381. The van der Waals surface area contributed by atoms with E-state index in [0.717, 1.165) is 0 Å². The molecule has 0 spiro atoms. The maximum Gasteiger partial charge on any atom is 0.325 e. The summed E-state index contributed by atoms with van der Waals surface area (Å²) in [4.78, 5) is 36.5. The summed E-state index contributed by atoms with van der Waals surface area (Å²) in [6, 6.07) is 3.56. The van der Waals surface area contributed by atoms with Gasteiger partial charge in [-0.2, -0.15) is 0 Å². The van der Waals surface area contributed by atoms with Crippen LogP contribution in [-0.2, 0) is 9.59 Å². The number of nitrogens with zero attached hydrogens (tertiary/aromatic N) is 1. The van der Waals surface area contributed by atoms with E-state index in [-0.39, 0.29) is 6.54 Å². The summed E-state index contributed by atoms with van der Waals surface area (Å²) < 4.78 is 10.8. The lowest BCUT2D eigenvalue weighted by molar-refractivity contribution is -0.142. The smallest absolute Gasteiger partial charge is 0.325 e. The Kier molecular flexibility index (Phi) is 5.03. The van der Waals surface area contributed by atoms with Gasteiger partial charge in [0.15, 0.2) is 11.5 Å². The van der Waals surface area contributed by atoms with Gasteiger partial charge in [0.2, 0.25) is 5.91 Å². The van der Waals surface area contributed by atoms with Crippen molar-refractivity contribution in [1.82, 2.24) is 10.2 Å². The molecule has 3 rings (SSSR count). The fourth-order valence-electron chi connectivity index (χ4n) is 2.93. The number of rotatable bonds is 4. The van der Waals surface area contributed by atoms with Gasteiger partial charge in [0.1, 0.15) is 19.3 Å². The van der Waals surface area contributed by atoms with Crippen LogP contribution in [0.15, 0.2) is 18.2 Å². The Hall–Kier alpha value is -2.81. The minimum atomic E-state index is -0.953. The fraction of sp³-hybridized carbons (Fsp3) is 0.438. The van der Waals surface area contributed by atoms with Crippen molar-refractivity contribution in [2.45, 2.75) is 18.9 Å². The number of anilines is 1. The molecule has 25 heavy (non-hydrogen) atoms. The number of hydrogen-bond acceptors (Lipinski definition) is 6. The van der Waals surface area contributed by atoms with Crippen LogP contribution in [0.5, 0.6) is 11.5 Å². The van der Waals surface area contributed by atoms with E-state index in [4.69, 9.17) is 14.6 Å². The van der Waals surface area contributed by atoms with E-state index < -0.39 is 23.9 Å². The van der Waals surface area contributed by atoms with Crippen molar-refractivity contribution in [2.75, 3.05) is 31.6 Å². The lowest BCUT2D eigenvalue weighted by Crippen LogP contribution is -2.45. The molecule has 9 nitrogen and oxygen atoms in total. The van der Waals surface area contributed by atoms with Gasteiger partial charge >= 0.3 is 12.0 Å². The first-order chi connectivity index (χ1) is 12.0. The van der Waals surface area contributed by atoms with Crippen LogP contribution in [0.4, 0.5) is 10.5 Å². The van der Waals surface area contributed by atoms with E-state index in [2.05, 4.69) is 10.6 Å². The van der Waals surface area contributed by atoms with Gasteiger partial charge in [-0.3, -0.25) is 19.8 Å². The molecule has 0 unspecified atom stereocenters. The zero-order valence-corrected chi connectivity index (χ0v) is 13.5. The summed E-state index contributed by atoms with van der Waals surface area (Å²) >= 11 is 0. The minimum absolute atomic E-state index is 0.133. The summed E-state index contributed by atoms with van der Waals surface area (Å²) in [5.41, 5.74) is 0.458. The van der Waals surface area contributed by atoms with Crippen molar-refractivity contribution >= 4 is 23.6 Å². The molecule has 1 atom stereocenters. The number of ether oxygens (including phenoxy) is 2. The van der Waals surface area contributed by atoms with E-state index in [1.165, 1.54) is 0 Å². The van der Waals surface area contributed by atoms with Crippen molar-refractivity contribution in [3.05, 3.63) is 18.2 Å². The summed E-state index contributed by atoms with van der Waals surface area (Å²) in [6.07, 6.45) is 1.22. The molecule has 0 saturated carbocycles. The van der Waals surface area contributed by atoms with Crippen LogP contribution in [-0.4, -0.2) is 60.3 Å². The van der Waals surface area contributed by atoms with Gasteiger partial charge in [0, 0.05) is 11.8 Å². The molecule has 1 saturated heterocycles. The molecule has 0 bridgehead atoms. The number of carboxylic acids is 1. The first-order valence-corrected chi connectivity index (χ1v) is 8.00. The molecule has 0 aromatic heterocycles. The molecular formula is C16H19N3O6. The van der Waals surface area contributed by atoms with Gasteiger partial charge < -0.3 is 19.9 Å². The van der Waals surface area contributed by atoms with Crippen LogP contribution in [0.25, 0.3) is 0 Å². The third-order valence-electron chi connectivity index (χ3n) is 4.05. The first-order valence-electron chi connectivity index (χ1n) is 8.00. The largest absolute Gasteiger partial charge is 0.486 e. The van der Waals surface area contributed by atoms with Gasteiger partial charge in [-0.15, -0.1) is 0 Å². The Balaban J connectivity index is 1.52. The average molecular weight is 349 g/mol. The van der Waals surface area contributed by atoms with Crippen molar-refractivity contribution < 1.29 is 29.0 Å². The second-order valence-electron chi connectivity index (χ2n) is 5.83. The maximum absolute atomic E-state index is 11.9. The number of hydrogen-bond donors (Lipinski definition) is 3. The second-order valence-corrected chi connectivity index (χ2v) is 5.83. The second kappa shape index (κ2) is 7.39. The number of carbonyl (C=O) groups is 3. The SMILES string of the molecule is O=C(CN1CCC[C@@H]1C(=O)O)NC(=O)Nc1ccc2c(c1)OCCO2. The molecule has 1 fully saturated rings. The average Bonchev–Trinajstić information content (AvgIpc) is 3.02. The molecule has 3 amide bonds. The number of aliphatic carboxylic acids is 1. The predicted molar refractivity (Wildman–Crippen MR) is 86.8 cm³/mol.